The molecule has 29 heavy (non-hydrogen) atoms. The number of hydrogen-bond donors (Lipinski definition) is 2. The Hall–Kier alpha value is -1.51. The Kier molecular flexibility index (Phi) is 8.03. The third-order valence-electron chi connectivity index (χ3n) is 6.36. The second kappa shape index (κ2) is 10.5. The van der Waals surface area contributed by atoms with Crippen LogP contribution in [0.25, 0.3) is 0 Å². The number of benzene rings is 1. The average molecular weight is 511 g/mol. The fourth-order valence-electron chi connectivity index (χ4n) is 4.84. The van der Waals surface area contributed by atoms with Crippen molar-refractivity contribution in [3.8, 4) is 0 Å². The second-order valence-corrected chi connectivity index (χ2v) is 8.32. The van der Waals surface area contributed by atoms with Crippen LogP contribution in [0.3, 0.4) is 0 Å². The average Bonchev–Trinajstić information content (AvgIpc) is 3.15. The third kappa shape index (κ3) is 5.55. The van der Waals surface area contributed by atoms with E-state index in [-0.39, 0.29) is 29.9 Å². The van der Waals surface area contributed by atoms with Gasteiger partial charge in [0.05, 0.1) is 13.1 Å². The Morgan fingerprint density at radius 3 is 2.48 bits per heavy atom. The first kappa shape index (κ1) is 22.2. The van der Waals surface area contributed by atoms with Crippen LogP contribution >= 0.6 is 24.0 Å². The van der Waals surface area contributed by atoms with Gasteiger partial charge in [0.2, 0.25) is 5.91 Å². The number of amides is 1. The van der Waals surface area contributed by atoms with E-state index in [0.717, 1.165) is 56.2 Å². The fourth-order valence-corrected chi connectivity index (χ4v) is 4.84. The van der Waals surface area contributed by atoms with Crippen molar-refractivity contribution in [3.63, 3.8) is 0 Å². The summed E-state index contributed by atoms with van der Waals surface area (Å²) in [6.07, 6.45) is 5.56. The molecule has 7 heteroatoms. The summed E-state index contributed by atoms with van der Waals surface area (Å²) < 4.78 is 0. The minimum absolute atomic E-state index is 0. The molecule has 0 aromatic heterocycles. The maximum atomic E-state index is 11.6. The Morgan fingerprint density at radius 2 is 1.86 bits per heavy atom. The molecule has 6 nitrogen and oxygen atoms in total. The number of nitrogens with zero attached hydrogens (tertiary/aromatic N) is 3. The smallest absolute Gasteiger partial charge is 0.239 e. The highest BCUT2D eigenvalue weighted by Crippen LogP contribution is 2.36. The monoisotopic (exact) mass is 511 g/mol. The normalized spacial score (nSPS) is 24.6. The topological polar surface area (TPSA) is 60.0 Å². The molecule has 0 radical (unpaired) electrons. The second-order valence-electron chi connectivity index (χ2n) is 8.32. The Balaban J connectivity index is 0.00000240. The molecular formula is C22H34IN5O. The summed E-state index contributed by atoms with van der Waals surface area (Å²) in [7, 11) is 0. The molecule has 2 N–H and O–H groups in total. The molecule has 0 bridgehead atoms. The van der Waals surface area contributed by atoms with E-state index in [9.17, 15) is 4.79 Å². The molecule has 2 aliphatic heterocycles. The van der Waals surface area contributed by atoms with Gasteiger partial charge in [-0.1, -0.05) is 25.0 Å². The minimum atomic E-state index is 0. The van der Waals surface area contributed by atoms with Gasteiger partial charge in [-0.2, -0.15) is 0 Å². The molecule has 2 saturated heterocycles. The van der Waals surface area contributed by atoms with Crippen molar-refractivity contribution in [2.75, 3.05) is 44.2 Å². The lowest BCUT2D eigenvalue weighted by atomic mass is 9.82. The van der Waals surface area contributed by atoms with Gasteiger partial charge in [-0.25, -0.2) is 4.99 Å². The van der Waals surface area contributed by atoms with Crippen LogP contribution in [-0.4, -0.2) is 56.0 Å². The predicted octanol–water partition coefficient (Wildman–Crippen LogP) is 2.83. The molecule has 3 aliphatic rings. The van der Waals surface area contributed by atoms with Crippen molar-refractivity contribution in [1.29, 1.82) is 0 Å². The predicted molar refractivity (Wildman–Crippen MR) is 129 cm³/mol. The first-order valence-electron chi connectivity index (χ1n) is 10.9. The summed E-state index contributed by atoms with van der Waals surface area (Å²) in [4.78, 5) is 21.1. The van der Waals surface area contributed by atoms with Crippen molar-refractivity contribution >= 4 is 41.5 Å². The Morgan fingerprint density at radius 1 is 1.17 bits per heavy atom. The van der Waals surface area contributed by atoms with E-state index in [1.807, 2.05) is 0 Å². The summed E-state index contributed by atoms with van der Waals surface area (Å²) in [5.41, 5.74) is 2.32. The molecule has 4 rings (SSSR count). The molecule has 2 unspecified atom stereocenters. The van der Waals surface area contributed by atoms with E-state index in [0.29, 0.717) is 13.1 Å². The molecular weight excluding hydrogens is 477 g/mol. The molecule has 3 fully saturated rings. The van der Waals surface area contributed by atoms with E-state index in [1.165, 1.54) is 31.2 Å². The SMILES string of the molecule is CCNC(=NCc1ccc(N2CCNC(=O)C2)cc1)N1CC2CCCCC2C1.I. The zero-order valence-corrected chi connectivity index (χ0v) is 19.7. The van der Waals surface area contributed by atoms with Crippen molar-refractivity contribution in [2.45, 2.75) is 39.2 Å². The molecule has 0 spiro atoms. The number of hydrogen-bond acceptors (Lipinski definition) is 3. The van der Waals surface area contributed by atoms with Crippen LogP contribution in [0.5, 0.6) is 0 Å². The van der Waals surface area contributed by atoms with Crippen LogP contribution in [-0.2, 0) is 11.3 Å². The number of fused-ring (bicyclic) bond motifs is 1. The van der Waals surface area contributed by atoms with Crippen LogP contribution in [0.4, 0.5) is 5.69 Å². The van der Waals surface area contributed by atoms with Gasteiger partial charge in [0.25, 0.3) is 0 Å². The van der Waals surface area contributed by atoms with Gasteiger partial charge in [0.1, 0.15) is 0 Å². The van der Waals surface area contributed by atoms with Gasteiger partial charge in [0.15, 0.2) is 5.96 Å². The summed E-state index contributed by atoms with van der Waals surface area (Å²) in [5, 5.41) is 6.37. The van der Waals surface area contributed by atoms with Crippen molar-refractivity contribution in [2.24, 2.45) is 16.8 Å². The highest BCUT2D eigenvalue weighted by molar-refractivity contribution is 14.0. The van der Waals surface area contributed by atoms with Crippen LogP contribution < -0.4 is 15.5 Å². The molecule has 2 heterocycles. The molecule has 1 aromatic carbocycles. The minimum Gasteiger partial charge on any atom is -0.360 e. The summed E-state index contributed by atoms with van der Waals surface area (Å²) in [5.74, 6) is 2.88. The van der Waals surface area contributed by atoms with Gasteiger partial charge in [-0.15, -0.1) is 24.0 Å². The first-order valence-corrected chi connectivity index (χ1v) is 10.9. The highest BCUT2D eigenvalue weighted by Gasteiger charge is 2.35. The molecule has 1 aromatic rings. The molecule has 2 atom stereocenters. The van der Waals surface area contributed by atoms with Gasteiger partial charge in [-0.3, -0.25) is 4.79 Å². The number of nitrogens with one attached hydrogen (secondary N) is 2. The lowest BCUT2D eigenvalue weighted by molar-refractivity contribution is -0.120. The number of carbonyl (C=O) groups excluding carboxylic acids is 1. The number of carbonyl (C=O) groups is 1. The van der Waals surface area contributed by atoms with E-state index in [1.54, 1.807) is 0 Å². The lowest BCUT2D eigenvalue weighted by Crippen LogP contribution is -2.47. The molecule has 1 aliphatic carbocycles. The quantitative estimate of drug-likeness (QED) is 0.371. The van der Waals surface area contributed by atoms with Gasteiger partial charge < -0.3 is 20.4 Å². The summed E-state index contributed by atoms with van der Waals surface area (Å²) in [6, 6.07) is 8.50. The van der Waals surface area contributed by atoms with Gasteiger partial charge >= 0.3 is 0 Å². The number of aliphatic imine (C=N–C) groups is 1. The third-order valence-corrected chi connectivity index (χ3v) is 6.36. The number of halogens is 1. The summed E-state index contributed by atoms with van der Waals surface area (Å²) in [6.45, 7) is 8.08. The van der Waals surface area contributed by atoms with Crippen LogP contribution in [0.2, 0.25) is 0 Å². The van der Waals surface area contributed by atoms with Crippen LogP contribution in [0, 0.1) is 11.8 Å². The van der Waals surface area contributed by atoms with E-state index >= 15 is 0 Å². The standard InChI is InChI=1S/C22H33N5O.HI/c1-2-23-22(27-14-18-5-3-4-6-19(18)15-27)25-13-17-7-9-20(10-8-17)26-12-11-24-21(28)16-26;/h7-10,18-19H,2-6,11-16H2,1H3,(H,23,25)(H,24,28);1H. The number of rotatable bonds is 4. The van der Waals surface area contributed by atoms with Crippen LogP contribution in [0.1, 0.15) is 38.2 Å². The number of guanidine groups is 1. The first-order chi connectivity index (χ1) is 13.7. The van der Waals surface area contributed by atoms with Crippen molar-refractivity contribution < 1.29 is 4.79 Å². The fraction of sp³-hybridized carbons (Fsp3) is 0.636. The largest absolute Gasteiger partial charge is 0.360 e. The lowest BCUT2D eigenvalue weighted by Gasteiger charge is -2.28. The molecule has 160 valence electrons. The van der Waals surface area contributed by atoms with E-state index in [2.05, 4.69) is 51.6 Å². The zero-order chi connectivity index (χ0) is 19.3. The number of piperazine rings is 1. The van der Waals surface area contributed by atoms with Crippen molar-refractivity contribution in [1.82, 2.24) is 15.5 Å². The maximum Gasteiger partial charge on any atom is 0.239 e. The maximum absolute atomic E-state index is 11.6. The van der Waals surface area contributed by atoms with E-state index < -0.39 is 0 Å². The van der Waals surface area contributed by atoms with Crippen molar-refractivity contribution in [3.05, 3.63) is 29.8 Å². The Labute approximate surface area is 191 Å². The summed E-state index contributed by atoms with van der Waals surface area (Å²) >= 11 is 0. The highest BCUT2D eigenvalue weighted by atomic mass is 127. The van der Waals surface area contributed by atoms with E-state index in [4.69, 9.17) is 4.99 Å². The number of anilines is 1. The molecule has 1 saturated carbocycles. The van der Waals surface area contributed by atoms with Gasteiger partial charge in [0, 0.05) is 38.4 Å². The zero-order valence-electron chi connectivity index (χ0n) is 17.4. The van der Waals surface area contributed by atoms with Gasteiger partial charge in [-0.05, 0) is 49.3 Å². The van der Waals surface area contributed by atoms with Crippen LogP contribution in [0.15, 0.2) is 29.3 Å². The number of likely N-dealkylation sites (tertiary alicyclic amines) is 1. The Bertz CT molecular complexity index is 694. The molecule has 1 amide bonds.